The lowest BCUT2D eigenvalue weighted by molar-refractivity contribution is -0.121. The van der Waals surface area contributed by atoms with E-state index in [2.05, 4.69) is 22.4 Å². The van der Waals surface area contributed by atoms with Crippen LogP contribution in [0.1, 0.15) is 23.4 Å². The summed E-state index contributed by atoms with van der Waals surface area (Å²) in [5.74, 6) is -0.162. The van der Waals surface area contributed by atoms with E-state index in [1.807, 2.05) is 42.5 Å². The number of hydrogen-bond donors (Lipinski definition) is 2. The third kappa shape index (κ3) is 3.97. The van der Waals surface area contributed by atoms with E-state index in [1.165, 1.54) is 6.26 Å². The second kappa shape index (κ2) is 8.14. The zero-order valence-electron chi connectivity index (χ0n) is 17.0. The molecule has 2 N–H and O–H groups in total. The van der Waals surface area contributed by atoms with Crippen LogP contribution in [-0.4, -0.2) is 34.8 Å². The molecule has 2 amide bonds. The fraction of sp³-hybridized carbons (Fsp3) is 0.200. The maximum atomic E-state index is 12.9. The molecule has 31 heavy (non-hydrogen) atoms. The second-order valence-corrected chi connectivity index (χ2v) is 7.91. The van der Waals surface area contributed by atoms with Crippen molar-refractivity contribution in [2.24, 2.45) is 5.92 Å². The van der Waals surface area contributed by atoms with Gasteiger partial charge in [0.25, 0.3) is 5.91 Å². The van der Waals surface area contributed by atoms with Crippen LogP contribution < -0.4 is 5.32 Å². The van der Waals surface area contributed by atoms with Crippen LogP contribution >= 0.6 is 0 Å². The SMILES string of the molecule is O=C(Nc1cccc(-c2cc3ccccc3[nH]2)c1)C1CCCN(C(=O)c2ccco2)C1. The number of furan rings is 1. The summed E-state index contributed by atoms with van der Waals surface area (Å²) in [6.45, 7) is 1.03. The monoisotopic (exact) mass is 413 g/mol. The van der Waals surface area contributed by atoms with E-state index in [0.29, 0.717) is 18.8 Å². The first kappa shape index (κ1) is 19.2. The van der Waals surface area contributed by atoms with E-state index in [-0.39, 0.29) is 17.7 Å². The summed E-state index contributed by atoms with van der Waals surface area (Å²) in [6, 6.07) is 21.4. The van der Waals surface area contributed by atoms with Gasteiger partial charge in [0.1, 0.15) is 0 Å². The Bertz CT molecular complexity index is 1190. The molecular weight excluding hydrogens is 390 g/mol. The van der Waals surface area contributed by atoms with Gasteiger partial charge in [0.15, 0.2) is 5.76 Å². The number of nitrogens with one attached hydrogen (secondary N) is 2. The van der Waals surface area contributed by atoms with Gasteiger partial charge >= 0.3 is 0 Å². The van der Waals surface area contributed by atoms with Crippen molar-refractivity contribution < 1.29 is 14.0 Å². The molecule has 0 saturated carbocycles. The quantitative estimate of drug-likeness (QED) is 0.498. The van der Waals surface area contributed by atoms with Gasteiger partial charge in [-0.2, -0.15) is 0 Å². The Kier molecular flexibility index (Phi) is 5.04. The number of H-pyrrole nitrogens is 1. The standard InChI is InChI=1S/C25H23N3O3/c29-24(19-8-4-12-28(16-19)25(30)23-11-5-13-31-23)26-20-9-3-7-17(14-20)22-15-18-6-1-2-10-21(18)27-22/h1-3,5-7,9-11,13-15,19,27H,4,8,12,16H2,(H,26,29). The molecule has 3 heterocycles. The second-order valence-electron chi connectivity index (χ2n) is 7.91. The lowest BCUT2D eigenvalue weighted by atomic mass is 9.96. The van der Waals surface area contributed by atoms with Gasteiger partial charge < -0.3 is 19.6 Å². The van der Waals surface area contributed by atoms with Crippen LogP contribution in [0.15, 0.2) is 77.4 Å². The Balaban J connectivity index is 1.29. The van der Waals surface area contributed by atoms with Gasteiger partial charge in [-0.25, -0.2) is 0 Å². The van der Waals surface area contributed by atoms with Crippen LogP contribution in [0.2, 0.25) is 0 Å². The van der Waals surface area contributed by atoms with E-state index in [0.717, 1.165) is 40.7 Å². The number of amides is 2. The zero-order chi connectivity index (χ0) is 21.2. The molecule has 1 atom stereocenters. The van der Waals surface area contributed by atoms with Crippen molar-refractivity contribution in [3.8, 4) is 11.3 Å². The number of nitrogens with zero attached hydrogens (tertiary/aromatic N) is 1. The first-order chi connectivity index (χ1) is 15.2. The highest BCUT2D eigenvalue weighted by Gasteiger charge is 2.30. The summed E-state index contributed by atoms with van der Waals surface area (Å²) < 4.78 is 5.22. The van der Waals surface area contributed by atoms with Crippen molar-refractivity contribution in [1.82, 2.24) is 9.88 Å². The average Bonchev–Trinajstić information content (AvgIpc) is 3.49. The van der Waals surface area contributed by atoms with Gasteiger partial charge in [0, 0.05) is 40.9 Å². The predicted octanol–water partition coefficient (Wildman–Crippen LogP) is 4.92. The third-order valence-electron chi connectivity index (χ3n) is 5.78. The molecule has 2 aromatic carbocycles. The van der Waals surface area contributed by atoms with E-state index in [1.54, 1.807) is 17.0 Å². The molecule has 0 bridgehead atoms. The van der Waals surface area contributed by atoms with Gasteiger partial charge in [-0.05, 0) is 49.2 Å². The van der Waals surface area contributed by atoms with Gasteiger partial charge in [-0.1, -0.05) is 30.3 Å². The van der Waals surface area contributed by atoms with Crippen molar-refractivity contribution in [3.63, 3.8) is 0 Å². The predicted molar refractivity (Wildman–Crippen MR) is 120 cm³/mol. The fourth-order valence-electron chi connectivity index (χ4n) is 4.17. The number of hydrogen-bond acceptors (Lipinski definition) is 3. The highest BCUT2D eigenvalue weighted by atomic mass is 16.3. The fourth-order valence-corrected chi connectivity index (χ4v) is 4.17. The number of piperidine rings is 1. The summed E-state index contributed by atoms with van der Waals surface area (Å²) in [4.78, 5) is 30.6. The molecule has 1 fully saturated rings. The van der Waals surface area contributed by atoms with Crippen LogP contribution in [0, 0.1) is 5.92 Å². The summed E-state index contributed by atoms with van der Waals surface area (Å²) in [5, 5.41) is 4.18. The smallest absolute Gasteiger partial charge is 0.289 e. The van der Waals surface area contributed by atoms with Crippen LogP contribution in [0.3, 0.4) is 0 Å². The number of fused-ring (bicyclic) bond motifs is 1. The minimum Gasteiger partial charge on any atom is -0.459 e. The van der Waals surface area contributed by atoms with Crippen LogP contribution in [0.4, 0.5) is 5.69 Å². The zero-order valence-corrected chi connectivity index (χ0v) is 17.0. The molecule has 6 heteroatoms. The van der Waals surface area contributed by atoms with Crippen LogP contribution in [0.25, 0.3) is 22.2 Å². The molecule has 6 nitrogen and oxygen atoms in total. The largest absolute Gasteiger partial charge is 0.459 e. The molecule has 1 saturated heterocycles. The van der Waals surface area contributed by atoms with Crippen molar-refractivity contribution in [1.29, 1.82) is 0 Å². The number of aromatic amines is 1. The van der Waals surface area contributed by atoms with Crippen LogP contribution in [-0.2, 0) is 4.79 Å². The average molecular weight is 413 g/mol. The number of para-hydroxylation sites is 1. The molecule has 0 aliphatic carbocycles. The number of aromatic nitrogens is 1. The lowest BCUT2D eigenvalue weighted by Crippen LogP contribution is -2.43. The number of rotatable bonds is 4. The Hall–Kier alpha value is -3.80. The lowest BCUT2D eigenvalue weighted by Gasteiger charge is -2.31. The molecule has 4 aromatic rings. The highest BCUT2D eigenvalue weighted by molar-refractivity contribution is 5.95. The molecular formula is C25H23N3O3. The Morgan fingerprint density at radius 1 is 1.03 bits per heavy atom. The first-order valence-corrected chi connectivity index (χ1v) is 10.5. The number of benzene rings is 2. The maximum absolute atomic E-state index is 12.9. The van der Waals surface area contributed by atoms with Crippen molar-refractivity contribution in [2.45, 2.75) is 12.8 Å². The van der Waals surface area contributed by atoms with Gasteiger partial charge in [-0.3, -0.25) is 9.59 Å². The third-order valence-corrected chi connectivity index (χ3v) is 5.78. The Morgan fingerprint density at radius 3 is 2.77 bits per heavy atom. The Labute approximate surface area is 179 Å². The van der Waals surface area contributed by atoms with E-state index in [4.69, 9.17) is 4.42 Å². The summed E-state index contributed by atoms with van der Waals surface area (Å²) in [7, 11) is 0. The summed E-state index contributed by atoms with van der Waals surface area (Å²) in [6.07, 6.45) is 3.04. The normalized spacial score (nSPS) is 16.4. The van der Waals surface area contributed by atoms with E-state index in [9.17, 15) is 9.59 Å². The molecule has 5 rings (SSSR count). The number of likely N-dealkylation sites (tertiary alicyclic amines) is 1. The van der Waals surface area contributed by atoms with E-state index < -0.39 is 0 Å². The Morgan fingerprint density at radius 2 is 1.94 bits per heavy atom. The van der Waals surface area contributed by atoms with Crippen molar-refractivity contribution in [3.05, 3.63) is 78.8 Å². The van der Waals surface area contributed by atoms with E-state index >= 15 is 0 Å². The van der Waals surface area contributed by atoms with Gasteiger partial charge in [0.2, 0.25) is 5.91 Å². The first-order valence-electron chi connectivity index (χ1n) is 10.5. The van der Waals surface area contributed by atoms with Gasteiger partial charge in [0.05, 0.1) is 12.2 Å². The van der Waals surface area contributed by atoms with Crippen molar-refractivity contribution in [2.75, 3.05) is 18.4 Å². The molecule has 2 aromatic heterocycles. The number of carbonyl (C=O) groups is 2. The minimum atomic E-state index is -0.246. The molecule has 1 aliphatic rings. The van der Waals surface area contributed by atoms with Crippen molar-refractivity contribution >= 4 is 28.4 Å². The molecule has 156 valence electrons. The van der Waals surface area contributed by atoms with Gasteiger partial charge in [-0.15, -0.1) is 0 Å². The highest BCUT2D eigenvalue weighted by Crippen LogP contribution is 2.27. The number of carbonyl (C=O) groups excluding carboxylic acids is 2. The molecule has 1 aliphatic heterocycles. The minimum absolute atomic E-state index is 0.0641. The molecule has 0 spiro atoms. The maximum Gasteiger partial charge on any atom is 0.289 e. The molecule has 0 radical (unpaired) electrons. The summed E-state index contributed by atoms with van der Waals surface area (Å²) in [5.41, 5.74) is 3.84. The summed E-state index contributed by atoms with van der Waals surface area (Å²) >= 11 is 0. The number of anilines is 1. The van der Waals surface area contributed by atoms with Crippen LogP contribution in [0.5, 0.6) is 0 Å². The molecule has 1 unspecified atom stereocenters. The topological polar surface area (TPSA) is 78.3 Å².